The number of aliphatic hydroxyl groups is 1. The summed E-state index contributed by atoms with van der Waals surface area (Å²) in [4.78, 5) is 26.5. The third-order valence-electron chi connectivity index (χ3n) is 4.01. The van der Waals surface area contributed by atoms with Gasteiger partial charge in [-0.15, -0.1) is 22.7 Å². The van der Waals surface area contributed by atoms with Crippen LogP contribution in [0.4, 0.5) is 0 Å². The van der Waals surface area contributed by atoms with Gasteiger partial charge in [0.2, 0.25) is 0 Å². The van der Waals surface area contributed by atoms with Crippen LogP contribution in [0.3, 0.4) is 0 Å². The molecule has 8 heteroatoms. The van der Waals surface area contributed by atoms with E-state index in [1.165, 1.54) is 22.7 Å². The van der Waals surface area contributed by atoms with Gasteiger partial charge in [0.15, 0.2) is 0 Å². The van der Waals surface area contributed by atoms with Gasteiger partial charge < -0.3 is 20.5 Å². The summed E-state index contributed by atoms with van der Waals surface area (Å²) in [6.45, 7) is 0.489. The van der Waals surface area contributed by atoms with Gasteiger partial charge in [0.05, 0.1) is 13.7 Å². The molecule has 2 aromatic heterocycles. The molecular weight excluding hydrogens is 396 g/mol. The number of benzene rings is 1. The van der Waals surface area contributed by atoms with Crippen LogP contribution in [-0.4, -0.2) is 24.0 Å². The molecule has 28 heavy (non-hydrogen) atoms. The maximum absolute atomic E-state index is 12.0. The van der Waals surface area contributed by atoms with E-state index in [4.69, 9.17) is 4.74 Å². The summed E-state index contributed by atoms with van der Waals surface area (Å²) in [7, 11) is 1.58. The Balaban J connectivity index is 1.46. The van der Waals surface area contributed by atoms with E-state index in [1.807, 2.05) is 41.8 Å². The molecule has 0 fully saturated rings. The second-order valence-electron chi connectivity index (χ2n) is 5.94. The molecular formula is C20H20N2O4S2. The molecule has 0 saturated carbocycles. The molecule has 1 atom stereocenters. The Hall–Kier alpha value is -2.68. The molecule has 146 valence electrons. The van der Waals surface area contributed by atoms with Crippen molar-refractivity contribution in [2.45, 2.75) is 19.2 Å². The van der Waals surface area contributed by atoms with Gasteiger partial charge in [-0.05, 0) is 41.3 Å². The van der Waals surface area contributed by atoms with Gasteiger partial charge in [0, 0.05) is 21.2 Å². The van der Waals surface area contributed by atoms with Crippen molar-refractivity contribution in [3.8, 4) is 5.75 Å². The lowest BCUT2D eigenvalue weighted by Gasteiger charge is -2.07. The van der Waals surface area contributed by atoms with Crippen LogP contribution in [0.15, 0.2) is 53.9 Å². The predicted molar refractivity (Wildman–Crippen MR) is 109 cm³/mol. The van der Waals surface area contributed by atoms with Crippen molar-refractivity contribution in [3.63, 3.8) is 0 Å². The molecule has 1 aromatic carbocycles. The lowest BCUT2D eigenvalue weighted by atomic mass is 10.2. The van der Waals surface area contributed by atoms with Gasteiger partial charge in [-0.2, -0.15) is 0 Å². The highest BCUT2D eigenvalue weighted by Gasteiger charge is 2.16. The predicted octanol–water partition coefficient (Wildman–Crippen LogP) is 2.83. The maximum atomic E-state index is 12.0. The quantitative estimate of drug-likeness (QED) is 0.517. The first-order chi connectivity index (χ1) is 13.6. The zero-order chi connectivity index (χ0) is 19.9. The van der Waals surface area contributed by atoms with E-state index >= 15 is 0 Å². The first-order valence-corrected chi connectivity index (χ1v) is 10.3. The molecule has 0 aliphatic rings. The Morgan fingerprint density at radius 3 is 2.36 bits per heavy atom. The van der Waals surface area contributed by atoms with E-state index in [0.717, 1.165) is 25.9 Å². The van der Waals surface area contributed by atoms with Crippen molar-refractivity contribution in [3.05, 3.63) is 74.1 Å². The van der Waals surface area contributed by atoms with E-state index in [-0.39, 0.29) is 13.1 Å². The highest BCUT2D eigenvalue weighted by molar-refractivity contribution is 7.12. The number of aliphatic hydroxyl groups excluding tert-OH is 1. The van der Waals surface area contributed by atoms with Crippen LogP contribution >= 0.6 is 22.7 Å². The Morgan fingerprint density at radius 1 is 1.00 bits per heavy atom. The van der Waals surface area contributed by atoms with Crippen LogP contribution in [0.1, 0.15) is 26.3 Å². The summed E-state index contributed by atoms with van der Waals surface area (Å²) in [5.41, 5.74) is 0.868. The number of amides is 2. The second kappa shape index (κ2) is 9.50. The van der Waals surface area contributed by atoms with E-state index in [0.29, 0.717) is 0 Å². The van der Waals surface area contributed by atoms with Gasteiger partial charge in [-0.1, -0.05) is 18.2 Å². The number of thiophene rings is 2. The molecule has 2 heterocycles. The van der Waals surface area contributed by atoms with Crippen molar-refractivity contribution in [1.29, 1.82) is 0 Å². The van der Waals surface area contributed by atoms with Gasteiger partial charge in [-0.25, -0.2) is 0 Å². The number of rotatable bonds is 7. The number of hydrogen-bond acceptors (Lipinski definition) is 6. The summed E-state index contributed by atoms with van der Waals surface area (Å²) >= 11 is 2.89. The molecule has 0 radical (unpaired) electrons. The summed E-state index contributed by atoms with van der Waals surface area (Å²) in [6, 6.07) is 14.7. The molecule has 0 aliphatic carbocycles. The third kappa shape index (κ3) is 5.19. The number of methoxy groups -OCH3 is 1. The molecule has 1 unspecified atom stereocenters. The molecule has 3 aromatic rings. The molecule has 0 bridgehead atoms. The molecule has 0 spiro atoms. The Morgan fingerprint density at radius 2 is 1.71 bits per heavy atom. The molecule has 3 rings (SSSR count). The molecule has 6 nitrogen and oxygen atoms in total. The Labute approximate surface area is 170 Å². The second-order valence-corrected chi connectivity index (χ2v) is 8.11. The number of nitrogens with one attached hydrogen (secondary N) is 2. The largest absolute Gasteiger partial charge is 0.497 e. The fourth-order valence-corrected chi connectivity index (χ4v) is 4.24. The number of ether oxygens (including phenoxy) is 1. The highest BCUT2D eigenvalue weighted by atomic mass is 32.1. The topological polar surface area (TPSA) is 87.7 Å². The van der Waals surface area contributed by atoms with Gasteiger partial charge in [0.1, 0.15) is 11.9 Å². The lowest BCUT2D eigenvalue weighted by Crippen LogP contribution is -2.39. The third-order valence-corrected chi connectivity index (χ3v) is 6.07. The van der Waals surface area contributed by atoms with Crippen LogP contribution in [0.25, 0.3) is 0 Å². The molecule has 0 saturated heterocycles. The number of carbonyl (C=O) groups is 2. The Bertz CT molecular complexity index is 920. The van der Waals surface area contributed by atoms with Crippen molar-refractivity contribution < 1.29 is 19.4 Å². The molecule has 2 amide bonds. The van der Waals surface area contributed by atoms with E-state index in [2.05, 4.69) is 10.6 Å². The standard InChI is InChI=1S/C20H20N2O4S2/c1-26-14-6-4-13(5-7-14)11-21-19(24)20(25)22-12-15-8-9-17(28-15)18(23)16-3-2-10-27-16/h2-10,18,23H,11-12H2,1H3,(H,21,24)(H,22,25). The summed E-state index contributed by atoms with van der Waals surface area (Å²) < 4.78 is 5.08. The maximum Gasteiger partial charge on any atom is 0.309 e. The first-order valence-electron chi connectivity index (χ1n) is 8.56. The summed E-state index contributed by atoms with van der Waals surface area (Å²) in [5, 5.41) is 17.4. The Kier molecular flexibility index (Phi) is 6.80. The lowest BCUT2D eigenvalue weighted by molar-refractivity contribution is -0.139. The van der Waals surface area contributed by atoms with Crippen LogP contribution in [0.2, 0.25) is 0 Å². The van der Waals surface area contributed by atoms with E-state index in [9.17, 15) is 14.7 Å². The number of hydrogen-bond donors (Lipinski definition) is 3. The minimum absolute atomic E-state index is 0.233. The van der Waals surface area contributed by atoms with Crippen LogP contribution in [0, 0.1) is 0 Å². The van der Waals surface area contributed by atoms with E-state index < -0.39 is 17.9 Å². The fraction of sp³-hybridized carbons (Fsp3) is 0.200. The van der Waals surface area contributed by atoms with Crippen molar-refractivity contribution in [1.82, 2.24) is 10.6 Å². The highest BCUT2D eigenvalue weighted by Crippen LogP contribution is 2.30. The van der Waals surface area contributed by atoms with Gasteiger partial charge >= 0.3 is 11.8 Å². The van der Waals surface area contributed by atoms with Crippen molar-refractivity contribution in [2.24, 2.45) is 0 Å². The summed E-state index contributed by atoms with van der Waals surface area (Å²) in [5.74, 6) is -0.652. The minimum atomic E-state index is -0.692. The van der Waals surface area contributed by atoms with Crippen molar-refractivity contribution >= 4 is 34.5 Å². The van der Waals surface area contributed by atoms with Crippen molar-refractivity contribution in [2.75, 3.05) is 7.11 Å². The SMILES string of the molecule is COc1ccc(CNC(=O)C(=O)NCc2ccc(C(O)c3cccs3)s2)cc1. The summed E-state index contributed by atoms with van der Waals surface area (Å²) in [6.07, 6.45) is -0.665. The monoisotopic (exact) mass is 416 g/mol. The van der Waals surface area contributed by atoms with Crippen LogP contribution < -0.4 is 15.4 Å². The van der Waals surface area contributed by atoms with Crippen LogP contribution in [0.5, 0.6) is 5.75 Å². The van der Waals surface area contributed by atoms with E-state index in [1.54, 1.807) is 19.2 Å². The average Bonchev–Trinajstić information content (AvgIpc) is 3.42. The zero-order valence-corrected chi connectivity index (χ0v) is 16.8. The fourth-order valence-electron chi connectivity index (χ4n) is 2.48. The minimum Gasteiger partial charge on any atom is -0.497 e. The van der Waals surface area contributed by atoms with Crippen LogP contribution in [-0.2, 0) is 22.7 Å². The number of carbonyl (C=O) groups excluding carboxylic acids is 2. The molecule has 3 N–H and O–H groups in total. The first kappa shape index (κ1) is 20.1. The van der Waals surface area contributed by atoms with Gasteiger partial charge in [0.25, 0.3) is 0 Å². The average molecular weight is 417 g/mol. The smallest absolute Gasteiger partial charge is 0.309 e. The van der Waals surface area contributed by atoms with Gasteiger partial charge in [-0.3, -0.25) is 9.59 Å². The normalized spacial score (nSPS) is 11.6. The zero-order valence-electron chi connectivity index (χ0n) is 15.2. The molecule has 0 aliphatic heterocycles.